The lowest BCUT2D eigenvalue weighted by atomic mass is 10.2. The fourth-order valence-electron chi connectivity index (χ4n) is 2.14. The quantitative estimate of drug-likeness (QED) is 0.919. The summed E-state index contributed by atoms with van der Waals surface area (Å²) < 4.78 is 38.2. The number of aryl methyl sites for hydroxylation is 2. The van der Waals surface area contributed by atoms with Gasteiger partial charge in [0.25, 0.3) is 0 Å². The van der Waals surface area contributed by atoms with Crippen molar-refractivity contribution in [3.8, 4) is 0 Å². The molecule has 0 saturated carbocycles. The van der Waals surface area contributed by atoms with Gasteiger partial charge in [-0.25, -0.2) is 13.1 Å². The lowest BCUT2D eigenvalue weighted by Crippen LogP contribution is -2.34. The Labute approximate surface area is 120 Å². The van der Waals surface area contributed by atoms with E-state index in [1.165, 1.54) is 0 Å². The van der Waals surface area contributed by atoms with E-state index in [1.807, 2.05) is 32.9 Å². The van der Waals surface area contributed by atoms with Crippen molar-refractivity contribution in [1.82, 2.24) is 4.72 Å². The minimum absolute atomic E-state index is 0.207. The van der Waals surface area contributed by atoms with Gasteiger partial charge in [0.15, 0.2) is 5.79 Å². The Morgan fingerprint density at radius 2 is 2.05 bits per heavy atom. The van der Waals surface area contributed by atoms with Crippen LogP contribution in [0.2, 0.25) is 0 Å². The van der Waals surface area contributed by atoms with Crippen LogP contribution in [0.5, 0.6) is 0 Å². The van der Waals surface area contributed by atoms with E-state index in [-0.39, 0.29) is 12.6 Å². The zero-order chi connectivity index (χ0) is 15.0. The first-order valence-electron chi connectivity index (χ1n) is 6.58. The molecule has 0 aliphatic carbocycles. The Bertz CT molecular complexity index is 595. The summed E-state index contributed by atoms with van der Waals surface area (Å²) >= 11 is 0. The van der Waals surface area contributed by atoms with Crippen LogP contribution in [0.1, 0.15) is 25.0 Å². The molecule has 1 aliphatic rings. The summed E-state index contributed by atoms with van der Waals surface area (Å²) in [5.41, 5.74) is 1.64. The van der Waals surface area contributed by atoms with Gasteiger partial charge in [-0.15, -0.1) is 0 Å². The van der Waals surface area contributed by atoms with Crippen molar-refractivity contribution in [3.63, 3.8) is 0 Å². The predicted molar refractivity (Wildman–Crippen MR) is 76.0 cm³/mol. The van der Waals surface area contributed by atoms with Crippen LogP contribution in [0, 0.1) is 13.8 Å². The van der Waals surface area contributed by atoms with E-state index in [4.69, 9.17) is 9.47 Å². The molecular formula is C14H21NO4S. The Morgan fingerprint density at radius 1 is 1.35 bits per heavy atom. The highest BCUT2D eigenvalue weighted by atomic mass is 32.2. The van der Waals surface area contributed by atoms with Gasteiger partial charge in [-0.1, -0.05) is 12.1 Å². The fraction of sp³-hybridized carbons (Fsp3) is 0.571. The average molecular weight is 299 g/mol. The van der Waals surface area contributed by atoms with Crippen LogP contribution in [-0.2, 0) is 19.5 Å². The molecular weight excluding hydrogens is 278 g/mol. The Balaban J connectivity index is 2.07. The minimum Gasteiger partial charge on any atom is -0.348 e. The number of nitrogens with one attached hydrogen (secondary N) is 1. The maximum absolute atomic E-state index is 12.3. The summed E-state index contributed by atoms with van der Waals surface area (Å²) in [4.78, 5) is 0.315. The van der Waals surface area contributed by atoms with Crippen LogP contribution in [-0.4, -0.2) is 33.5 Å². The van der Waals surface area contributed by atoms with Crippen molar-refractivity contribution in [2.24, 2.45) is 0 Å². The standard InChI is InChI=1S/C14H21NO4S/c1-10-5-6-11(2)13(7-10)20(16,17)15-8-12-9-18-14(3,4)19-12/h5-7,12,15H,8-9H2,1-4H3. The van der Waals surface area contributed by atoms with Gasteiger partial charge in [-0.05, 0) is 44.9 Å². The van der Waals surface area contributed by atoms with Gasteiger partial charge >= 0.3 is 0 Å². The summed E-state index contributed by atoms with van der Waals surface area (Å²) in [5.74, 6) is -0.643. The molecule has 1 heterocycles. The fourth-order valence-corrected chi connectivity index (χ4v) is 3.53. The van der Waals surface area contributed by atoms with Crippen molar-refractivity contribution in [2.45, 2.75) is 44.5 Å². The van der Waals surface area contributed by atoms with Crippen molar-refractivity contribution in [2.75, 3.05) is 13.2 Å². The van der Waals surface area contributed by atoms with Crippen LogP contribution in [0.3, 0.4) is 0 Å². The lowest BCUT2D eigenvalue weighted by Gasteiger charge is -2.17. The Kier molecular flexibility index (Phi) is 4.20. The van der Waals surface area contributed by atoms with Gasteiger partial charge in [-0.2, -0.15) is 0 Å². The van der Waals surface area contributed by atoms with Gasteiger partial charge in [-0.3, -0.25) is 0 Å². The molecule has 0 aromatic heterocycles. The highest BCUT2D eigenvalue weighted by molar-refractivity contribution is 7.89. The number of sulfonamides is 1. The van der Waals surface area contributed by atoms with E-state index in [9.17, 15) is 8.42 Å². The summed E-state index contributed by atoms with van der Waals surface area (Å²) in [6.45, 7) is 7.88. The van der Waals surface area contributed by atoms with Gasteiger partial charge in [0.1, 0.15) is 0 Å². The molecule has 20 heavy (non-hydrogen) atoms. The molecule has 1 aromatic rings. The zero-order valence-electron chi connectivity index (χ0n) is 12.3. The van der Waals surface area contributed by atoms with Gasteiger partial charge in [0.05, 0.1) is 17.6 Å². The number of ether oxygens (including phenoxy) is 2. The molecule has 0 radical (unpaired) electrons. The van der Waals surface area contributed by atoms with Crippen molar-refractivity contribution >= 4 is 10.0 Å². The molecule has 1 fully saturated rings. The second kappa shape index (κ2) is 5.44. The van der Waals surface area contributed by atoms with E-state index in [0.717, 1.165) is 11.1 Å². The summed E-state index contributed by atoms with van der Waals surface area (Å²) in [5, 5.41) is 0. The van der Waals surface area contributed by atoms with Crippen molar-refractivity contribution < 1.29 is 17.9 Å². The third-order valence-corrected chi connectivity index (χ3v) is 4.77. The molecule has 1 saturated heterocycles. The first-order chi connectivity index (χ1) is 9.20. The SMILES string of the molecule is Cc1ccc(C)c(S(=O)(=O)NCC2COC(C)(C)O2)c1. The number of hydrogen-bond donors (Lipinski definition) is 1. The van der Waals surface area contributed by atoms with Crippen molar-refractivity contribution in [3.05, 3.63) is 29.3 Å². The molecule has 2 rings (SSSR count). The monoisotopic (exact) mass is 299 g/mol. The van der Waals surface area contributed by atoms with Crippen LogP contribution >= 0.6 is 0 Å². The topological polar surface area (TPSA) is 64.6 Å². The maximum Gasteiger partial charge on any atom is 0.240 e. The third kappa shape index (κ3) is 3.58. The maximum atomic E-state index is 12.3. The van der Waals surface area contributed by atoms with E-state index < -0.39 is 15.8 Å². The molecule has 1 unspecified atom stereocenters. The molecule has 112 valence electrons. The number of hydrogen-bond acceptors (Lipinski definition) is 4. The van der Waals surface area contributed by atoms with E-state index in [0.29, 0.717) is 11.5 Å². The van der Waals surface area contributed by atoms with E-state index in [1.54, 1.807) is 13.0 Å². The first kappa shape index (κ1) is 15.4. The molecule has 5 nitrogen and oxygen atoms in total. The molecule has 1 N–H and O–H groups in total. The van der Waals surface area contributed by atoms with Gasteiger partial charge in [0, 0.05) is 6.54 Å². The molecule has 6 heteroatoms. The second-order valence-corrected chi connectivity index (χ2v) is 7.31. The summed E-state index contributed by atoms with van der Waals surface area (Å²) in [7, 11) is -3.52. The Morgan fingerprint density at radius 3 is 2.65 bits per heavy atom. The minimum atomic E-state index is -3.52. The van der Waals surface area contributed by atoms with Crippen LogP contribution in [0.4, 0.5) is 0 Å². The largest absolute Gasteiger partial charge is 0.348 e. The summed E-state index contributed by atoms with van der Waals surface area (Å²) in [6, 6.07) is 5.38. The predicted octanol–water partition coefficient (Wildman–Crippen LogP) is 1.73. The average Bonchev–Trinajstić information content (AvgIpc) is 2.70. The van der Waals surface area contributed by atoms with Crippen LogP contribution in [0.25, 0.3) is 0 Å². The van der Waals surface area contributed by atoms with Gasteiger partial charge in [0.2, 0.25) is 10.0 Å². The number of benzene rings is 1. The molecule has 0 spiro atoms. The lowest BCUT2D eigenvalue weighted by molar-refractivity contribution is -0.137. The number of rotatable bonds is 4. The molecule has 1 aliphatic heterocycles. The van der Waals surface area contributed by atoms with Crippen molar-refractivity contribution in [1.29, 1.82) is 0 Å². The normalized spacial score (nSPS) is 22.1. The highest BCUT2D eigenvalue weighted by Gasteiger charge is 2.33. The Hall–Kier alpha value is -0.950. The first-order valence-corrected chi connectivity index (χ1v) is 8.07. The highest BCUT2D eigenvalue weighted by Crippen LogP contribution is 2.22. The smallest absolute Gasteiger partial charge is 0.240 e. The second-order valence-electron chi connectivity index (χ2n) is 5.57. The van der Waals surface area contributed by atoms with Crippen LogP contribution < -0.4 is 4.72 Å². The van der Waals surface area contributed by atoms with Gasteiger partial charge < -0.3 is 9.47 Å². The summed E-state index contributed by atoms with van der Waals surface area (Å²) in [6.07, 6.45) is -0.259. The molecule has 0 amide bonds. The molecule has 0 bridgehead atoms. The van der Waals surface area contributed by atoms with E-state index in [2.05, 4.69) is 4.72 Å². The third-order valence-electron chi connectivity index (χ3n) is 3.20. The molecule has 1 aromatic carbocycles. The van der Waals surface area contributed by atoms with E-state index >= 15 is 0 Å². The zero-order valence-corrected chi connectivity index (χ0v) is 13.1. The molecule has 1 atom stereocenters. The van der Waals surface area contributed by atoms with Crippen LogP contribution in [0.15, 0.2) is 23.1 Å².